The van der Waals surface area contributed by atoms with E-state index < -0.39 is 0 Å². The van der Waals surface area contributed by atoms with Crippen molar-refractivity contribution in [1.82, 2.24) is 9.55 Å². The number of carbonyl (C=O) groups excluding carboxylic acids is 2. The van der Waals surface area contributed by atoms with Crippen LogP contribution in [0.1, 0.15) is 19.3 Å². The second-order valence-corrected chi connectivity index (χ2v) is 6.76. The van der Waals surface area contributed by atoms with E-state index >= 15 is 0 Å². The number of aromatic nitrogens is 2. The number of fused-ring (bicyclic) bond motifs is 1. The molecular weight excluding hydrogens is 356 g/mol. The first-order chi connectivity index (χ1) is 13.6. The summed E-state index contributed by atoms with van der Waals surface area (Å²) in [7, 11) is 0. The molecule has 2 aromatic carbocycles. The summed E-state index contributed by atoms with van der Waals surface area (Å²) in [4.78, 5) is 42.7. The Kier molecular flexibility index (Phi) is 4.89. The number of anilines is 2. The van der Waals surface area contributed by atoms with Gasteiger partial charge >= 0.3 is 0 Å². The lowest BCUT2D eigenvalue weighted by Gasteiger charge is -2.16. The van der Waals surface area contributed by atoms with E-state index in [0.29, 0.717) is 29.6 Å². The van der Waals surface area contributed by atoms with Gasteiger partial charge in [0.25, 0.3) is 5.56 Å². The molecule has 1 saturated heterocycles. The fourth-order valence-electron chi connectivity index (χ4n) is 3.38. The molecule has 0 atom stereocenters. The second kappa shape index (κ2) is 7.64. The fourth-order valence-corrected chi connectivity index (χ4v) is 3.38. The number of amides is 2. The Balaban J connectivity index is 1.42. The first kappa shape index (κ1) is 17.9. The summed E-state index contributed by atoms with van der Waals surface area (Å²) in [5, 5.41) is 3.37. The van der Waals surface area contributed by atoms with E-state index in [1.165, 1.54) is 10.9 Å². The number of carbonyl (C=O) groups is 2. The maximum absolute atomic E-state index is 12.5. The van der Waals surface area contributed by atoms with Gasteiger partial charge in [-0.05, 0) is 36.8 Å². The van der Waals surface area contributed by atoms with E-state index in [1.54, 1.807) is 35.2 Å². The Morgan fingerprint density at radius 3 is 2.79 bits per heavy atom. The molecule has 28 heavy (non-hydrogen) atoms. The van der Waals surface area contributed by atoms with Gasteiger partial charge in [0.15, 0.2) is 0 Å². The molecule has 0 radical (unpaired) electrons. The van der Waals surface area contributed by atoms with Gasteiger partial charge in [0.05, 0.1) is 17.2 Å². The number of nitrogens with one attached hydrogen (secondary N) is 1. The highest BCUT2D eigenvalue weighted by molar-refractivity contribution is 5.97. The third-order valence-electron chi connectivity index (χ3n) is 4.83. The van der Waals surface area contributed by atoms with E-state index in [0.717, 1.165) is 12.1 Å². The van der Waals surface area contributed by atoms with Crippen molar-refractivity contribution in [3.8, 4) is 0 Å². The van der Waals surface area contributed by atoms with Crippen molar-refractivity contribution in [2.75, 3.05) is 16.8 Å². The van der Waals surface area contributed by atoms with Gasteiger partial charge in [-0.1, -0.05) is 18.2 Å². The van der Waals surface area contributed by atoms with Crippen LogP contribution in [0.15, 0.2) is 59.7 Å². The van der Waals surface area contributed by atoms with Crippen LogP contribution < -0.4 is 15.8 Å². The van der Waals surface area contributed by atoms with Crippen molar-refractivity contribution in [1.29, 1.82) is 0 Å². The Hall–Kier alpha value is -3.48. The first-order valence-corrected chi connectivity index (χ1v) is 9.26. The van der Waals surface area contributed by atoms with Gasteiger partial charge in [-0.3, -0.25) is 19.0 Å². The molecule has 3 aromatic rings. The molecule has 0 aliphatic carbocycles. The maximum Gasteiger partial charge on any atom is 0.261 e. The Morgan fingerprint density at radius 1 is 1.11 bits per heavy atom. The highest BCUT2D eigenvalue weighted by Crippen LogP contribution is 2.24. The van der Waals surface area contributed by atoms with Crippen LogP contribution >= 0.6 is 0 Å². The van der Waals surface area contributed by atoms with E-state index in [-0.39, 0.29) is 30.3 Å². The van der Waals surface area contributed by atoms with Crippen LogP contribution in [0, 0.1) is 0 Å². The lowest BCUT2D eigenvalue weighted by atomic mass is 10.2. The number of benzene rings is 2. The molecule has 0 unspecified atom stereocenters. The van der Waals surface area contributed by atoms with Gasteiger partial charge in [0, 0.05) is 37.3 Å². The number of aryl methyl sites for hydroxylation is 1. The Morgan fingerprint density at radius 2 is 1.96 bits per heavy atom. The van der Waals surface area contributed by atoms with Gasteiger partial charge < -0.3 is 10.2 Å². The minimum absolute atomic E-state index is 0.103. The highest BCUT2D eigenvalue weighted by Gasteiger charge is 2.21. The van der Waals surface area contributed by atoms with Gasteiger partial charge in [-0.15, -0.1) is 0 Å². The molecule has 1 fully saturated rings. The van der Waals surface area contributed by atoms with Crippen molar-refractivity contribution < 1.29 is 9.59 Å². The standard InChI is InChI=1S/C21H20N4O3/c26-19(10-12-24-14-22-18-8-2-1-7-17(18)21(24)28)23-15-5-3-6-16(13-15)25-11-4-9-20(25)27/h1-3,5-8,13-14H,4,9-12H2,(H,23,26). The molecule has 2 heterocycles. The van der Waals surface area contributed by atoms with Crippen molar-refractivity contribution in [3.05, 3.63) is 65.2 Å². The van der Waals surface area contributed by atoms with Crippen molar-refractivity contribution in [2.24, 2.45) is 0 Å². The minimum atomic E-state index is -0.204. The van der Waals surface area contributed by atoms with Gasteiger partial charge in [0.2, 0.25) is 11.8 Å². The number of hydrogen-bond acceptors (Lipinski definition) is 4. The zero-order valence-electron chi connectivity index (χ0n) is 15.3. The number of para-hydroxylation sites is 1. The van der Waals surface area contributed by atoms with Crippen molar-refractivity contribution >= 4 is 34.1 Å². The molecule has 142 valence electrons. The van der Waals surface area contributed by atoms with Crippen LogP contribution in [0.25, 0.3) is 10.9 Å². The monoisotopic (exact) mass is 376 g/mol. The molecule has 7 nitrogen and oxygen atoms in total. The smallest absolute Gasteiger partial charge is 0.261 e. The third kappa shape index (κ3) is 3.64. The third-order valence-corrected chi connectivity index (χ3v) is 4.83. The zero-order valence-corrected chi connectivity index (χ0v) is 15.3. The summed E-state index contributed by atoms with van der Waals surface area (Å²) in [6, 6.07) is 14.4. The predicted octanol–water partition coefficient (Wildman–Crippen LogP) is 2.55. The van der Waals surface area contributed by atoms with Crippen LogP contribution in [0.3, 0.4) is 0 Å². The minimum Gasteiger partial charge on any atom is -0.326 e. The Bertz CT molecular complexity index is 1110. The summed E-state index contributed by atoms with van der Waals surface area (Å²) < 4.78 is 1.45. The maximum atomic E-state index is 12.5. The molecule has 1 N–H and O–H groups in total. The summed E-state index contributed by atoms with van der Waals surface area (Å²) in [6.45, 7) is 0.945. The molecule has 1 aliphatic heterocycles. The largest absolute Gasteiger partial charge is 0.326 e. The predicted molar refractivity (Wildman–Crippen MR) is 107 cm³/mol. The molecule has 2 amide bonds. The van der Waals surface area contributed by atoms with Crippen LogP contribution in [-0.4, -0.2) is 27.9 Å². The Labute approximate surface area is 161 Å². The lowest BCUT2D eigenvalue weighted by molar-refractivity contribution is -0.117. The van der Waals surface area contributed by atoms with Gasteiger partial charge in [-0.25, -0.2) is 4.98 Å². The normalized spacial score (nSPS) is 13.9. The average Bonchev–Trinajstić information content (AvgIpc) is 3.14. The van der Waals surface area contributed by atoms with E-state index in [2.05, 4.69) is 10.3 Å². The second-order valence-electron chi connectivity index (χ2n) is 6.76. The fraction of sp³-hybridized carbons (Fsp3) is 0.238. The van der Waals surface area contributed by atoms with Crippen LogP contribution in [0.2, 0.25) is 0 Å². The van der Waals surface area contributed by atoms with Crippen LogP contribution in [0.5, 0.6) is 0 Å². The summed E-state index contributed by atoms with van der Waals surface area (Å²) in [5.74, 6) is -0.100. The van der Waals surface area contributed by atoms with E-state index in [9.17, 15) is 14.4 Å². The quantitative estimate of drug-likeness (QED) is 0.742. The number of nitrogens with zero attached hydrogens (tertiary/aromatic N) is 3. The van der Waals surface area contributed by atoms with Gasteiger partial charge in [-0.2, -0.15) is 0 Å². The SMILES string of the molecule is O=C(CCn1cnc2ccccc2c1=O)Nc1cccc(N2CCCC2=O)c1. The summed E-state index contributed by atoms with van der Waals surface area (Å²) in [6.07, 6.45) is 3.03. The molecule has 4 rings (SSSR count). The molecule has 0 spiro atoms. The molecule has 0 saturated carbocycles. The number of hydrogen-bond donors (Lipinski definition) is 1. The lowest BCUT2D eigenvalue weighted by Crippen LogP contribution is -2.24. The van der Waals surface area contributed by atoms with E-state index in [4.69, 9.17) is 0 Å². The first-order valence-electron chi connectivity index (χ1n) is 9.26. The van der Waals surface area contributed by atoms with E-state index in [1.807, 2.05) is 18.2 Å². The molecule has 0 bridgehead atoms. The van der Waals surface area contributed by atoms with Crippen molar-refractivity contribution in [2.45, 2.75) is 25.8 Å². The van der Waals surface area contributed by atoms with Gasteiger partial charge in [0.1, 0.15) is 0 Å². The average molecular weight is 376 g/mol. The molecule has 1 aliphatic rings. The molecule has 7 heteroatoms. The van der Waals surface area contributed by atoms with Crippen LogP contribution in [-0.2, 0) is 16.1 Å². The highest BCUT2D eigenvalue weighted by atomic mass is 16.2. The topological polar surface area (TPSA) is 84.3 Å². The summed E-state index contributed by atoms with van der Waals surface area (Å²) >= 11 is 0. The molecule has 1 aromatic heterocycles. The van der Waals surface area contributed by atoms with Crippen LogP contribution in [0.4, 0.5) is 11.4 Å². The number of rotatable bonds is 5. The molecular formula is C21H20N4O3. The van der Waals surface area contributed by atoms with Crippen molar-refractivity contribution in [3.63, 3.8) is 0 Å². The summed E-state index contributed by atoms with van der Waals surface area (Å²) in [5.41, 5.74) is 1.90. The zero-order chi connectivity index (χ0) is 19.5.